The highest BCUT2D eigenvalue weighted by Gasteiger charge is 2.29. The molecule has 0 atom stereocenters. The molecule has 8 heteroatoms. The summed E-state index contributed by atoms with van der Waals surface area (Å²) in [7, 11) is 1.59. The fraction of sp³-hybridized carbons (Fsp3) is 0.280. The van der Waals surface area contributed by atoms with Crippen LogP contribution in [0.1, 0.15) is 51.4 Å². The van der Waals surface area contributed by atoms with E-state index in [1.807, 2.05) is 26.0 Å². The van der Waals surface area contributed by atoms with Crippen molar-refractivity contribution < 1.29 is 18.7 Å². The lowest BCUT2D eigenvalue weighted by Crippen LogP contribution is -2.38. The van der Waals surface area contributed by atoms with Crippen LogP contribution in [0.15, 0.2) is 48.8 Å². The normalized spacial score (nSPS) is 13.1. The average Bonchev–Trinajstić information content (AvgIpc) is 2.80. The molecule has 0 bridgehead atoms. The van der Waals surface area contributed by atoms with Crippen molar-refractivity contribution in [3.63, 3.8) is 0 Å². The number of aromatic nitrogens is 2. The number of benzene rings is 1. The first-order chi connectivity index (χ1) is 15.9. The van der Waals surface area contributed by atoms with Gasteiger partial charge in [0.15, 0.2) is 11.6 Å². The van der Waals surface area contributed by atoms with E-state index >= 15 is 0 Å². The lowest BCUT2D eigenvalue weighted by Gasteiger charge is -2.29. The van der Waals surface area contributed by atoms with E-state index in [-0.39, 0.29) is 23.7 Å². The summed E-state index contributed by atoms with van der Waals surface area (Å²) < 4.78 is 19.8. The minimum atomic E-state index is -0.532. The van der Waals surface area contributed by atoms with Crippen LogP contribution in [0.5, 0.6) is 5.75 Å². The highest BCUT2D eigenvalue weighted by molar-refractivity contribution is 6.08. The number of carbonyl (C=O) groups excluding carboxylic acids is 2. The van der Waals surface area contributed by atoms with Gasteiger partial charge in [0.05, 0.1) is 7.11 Å². The molecule has 0 aliphatic carbocycles. The SMILES string of the molecule is COc1cc2c(cc1Cc1ccc(C(=O)NC(C)C)nc1)C(=O)N(c1ncccc1F)CC2. The third-order valence-corrected chi connectivity index (χ3v) is 5.45. The zero-order valence-electron chi connectivity index (χ0n) is 18.8. The van der Waals surface area contributed by atoms with Crippen LogP contribution in [0, 0.1) is 5.82 Å². The van der Waals surface area contributed by atoms with E-state index in [4.69, 9.17) is 4.74 Å². The Bertz CT molecular complexity index is 1190. The summed E-state index contributed by atoms with van der Waals surface area (Å²) in [6.45, 7) is 4.12. The first-order valence-electron chi connectivity index (χ1n) is 10.8. The predicted octanol–water partition coefficient (Wildman–Crippen LogP) is 3.56. The van der Waals surface area contributed by atoms with Crippen LogP contribution in [-0.2, 0) is 12.8 Å². The van der Waals surface area contributed by atoms with Crippen LogP contribution < -0.4 is 15.0 Å². The minimum Gasteiger partial charge on any atom is -0.496 e. The summed E-state index contributed by atoms with van der Waals surface area (Å²) in [6.07, 6.45) is 4.14. The zero-order valence-corrected chi connectivity index (χ0v) is 18.8. The van der Waals surface area contributed by atoms with Crippen LogP contribution in [0.4, 0.5) is 10.2 Å². The molecule has 1 N–H and O–H groups in total. The Labute approximate surface area is 191 Å². The number of rotatable bonds is 6. The standard InChI is InChI=1S/C25H25FN4O3/c1-15(2)29-24(31)21-7-6-16(14-28-21)11-18-12-19-17(13-22(18)33-3)8-10-30(25(19)32)23-20(26)5-4-9-27-23/h4-7,9,12-15H,8,10-11H2,1-3H3,(H,29,31). The van der Waals surface area contributed by atoms with Gasteiger partial charge >= 0.3 is 0 Å². The maximum Gasteiger partial charge on any atom is 0.270 e. The molecule has 1 aliphatic rings. The number of nitrogens with one attached hydrogen (secondary N) is 1. The van der Waals surface area contributed by atoms with E-state index in [9.17, 15) is 14.0 Å². The van der Waals surface area contributed by atoms with Crippen molar-refractivity contribution in [1.29, 1.82) is 0 Å². The Hall–Kier alpha value is -3.81. The van der Waals surface area contributed by atoms with E-state index in [0.29, 0.717) is 36.4 Å². The third kappa shape index (κ3) is 4.69. The van der Waals surface area contributed by atoms with Gasteiger partial charge in [-0.3, -0.25) is 19.5 Å². The lowest BCUT2D eigenvalue weighted by molar-refractivity contribution is 0.0936. The molecule has 4 rings (SSSR count). The van der Waals surface area contributed by atoms with E-state index in [2.05, 4.69) is 15.3 Å². The number of halogens is 1. The number of nitrogens with zero attached hydrogens (tertiary/aromatic N) is 3. The molecule has 0 unspecified atom stereocenters. The van der Waals surface area contributed by atoms with Crippen molar-refractivity contribution in [2.45, 2.75) is 32.7 Å². The largest absolute Gasteiger partial charge is 0.496 e. The van der Waals surface area contributed by atoms with Gasteiger partial charge in [0.1, 0.15) is 11.4 Å². The van der Waals surface area contributed by atoms with Crippen molar-refractivity contribution >= 4 is 17.6 Å². The zero-order chi connectivity index (χ0) is 23.5. The first-order valence-corrected chi connectivity index (χ1v) is 10.8. The van der Waals surface area contributed by atoms with Gasteiger partial charge in [-0.05, 0) is 67.3 Å². The molecule has 3 heterocycles. The Kier molecular flexibility index (Phi) is 6.35. The van der Waals surface area contributed by atoms with Gasteiger partial charge in [0.25, 0.3) is 11.8 Å². The molecule has 0 saturated heterocycles. The van der Waals surface area contributed by atoms with E-state index in [0.717, 1.165) is 16.7 Å². The fourth-order valence-electron chi connectivity index (χ4n) is 3.88. The van der Waals surface area contributed by atoms with Crippen LogP contribution >= 0.6 is 0 Å². The van der Waals surface area contributed by atoms with Gasteiger partial charge in [-0.15, -0.1) is 0 Å². The summed E-state index contributed by atoms with van der Waals surface area (Å²) in [4.78, 5) is 35.0. The third-order valence-electron chi connectivity index (χ3n) is 5.45. The number of methoxy groups -OCH3 is 1. The molecule has 0 spiro atoms. The number of amides is 2. The summed E-state index contributed by atoms with van der Waals surface area (Å²) in [5.74, 6) is -0.353. The van der Waals surface area contributed by atoms with Crippen molar-refractivity contribution in [1.82, 2.24) is 15.3 Å². The number of ether oxygens (including phenoxy) is 1. The summed E-state index contributed by atoms with van der Waals surface area (Å²) in [6, 6.07) is 9.98. The summed E-state index contributed by atoms with van der Waals surface area (Å²) >= 11 is 0. The Morgan fingerprint density at radius 1 is 1.24 bits per heavy atom. The van der Waals surface area contributed by atoms with Gasteiger partial charge in [0.2, 0.25) is 0 Å². The van der Waals surface area contributed by atoms with E-state index < -0.39 is 5.82 Å². The molecule has 2 amide bonds. The Morgan fingerprint density at radius 2 is 2.06 bits per heavy atom. The topological polar surface area (TPSA) is 84.4 Å². The first kappa shape index (κ1) is 22.4. The molecule has 1 aliphatic heterocycles. The lowest BCUT2D eigenvalue weighted by atomic mass is 9.93. The van der Waals surface area contributed by atoms with Crippen LogP contribution in [0.3, 0.4) is 0 Å². The molecule has 7 nitrogen and oxygen atoms in total. The molecule has 1 aromatic carbocycles. The number of pyridine rings is 2. The highest BCUT2D eigenvalue weighted by Crippen LogP contribution is 2.31. The molecule has 3 aromatic rings. The van der Waals surface area contributed by atoms with Gasteiger partial charge in [-0.2, -0.15) is 0 Å². The van der Waals surface area contributed by atoms with E-state index in [1.165, 1.54) is 23.2 Å². The Balaban J connectivity index is 1.61. The van der Waals surface area contributed by atoms with Crippen molar-refractivity contribution in [3.8, 4) is 5.75 Å². The average molecular weight is 448 g/mol. The molecule has 170 valence electrons. The fourth-order valence-corrected chi connectivity index (χ4v) is 3.88. The van der Waals surface area contributed by atoms with Crippen molar-refractivity contribution in [2.24, 2.45) is 0 Å². The second-order valence-corrected chi connectivity index (χ2v) is 8.19. The van der Waals surface area contributed by atoms with Gasteiger partial charge < -0.3 is 10.1 Å². The predicted molar refractivity (Wildman–Crippen MR) is 122 cm³/mol. The second-order valence-electron chi connectivity index (χ2n) is 8.19. The van der Waals surface area contributed by atoms with E-state index in [1.54, 1.807) is 25.4 Å². The molecule has 2 aromatic heterocycles. The molecule has 0 saturated carbocycles. The smallest absolute Gasteiger partial charge is 0.270 e. The van der Waals surface area contributed by atoms with Crippen LogP contribution in [0.25, 0.3) is 0 Å². The van der Waals surface area contributed by atoms with Gasteiger partial charge in [-0.25, -0.2) is 9.37 Å². The quantitative estimate of drug-likeness (QED) is 0.623. The maximum atomic E-state index is 14.3. The molecule has 0 radical (unpaired) electrons. The summed E-state index contributed by atoms with van der Waals surface area (Å²) in [5.41, 5.74) is 3.36. The van der Waals surface area contributed by atoms with Crippen LogP contribution in [-0.4, -0.2) is 41.5 Å². The molecule has 0 fully saturated rings. The number of anilines is 1. The number of hydrogen-bond acceptors (Lipinski definition) is 5. The van der Waals surface area contributed by atoms with Crippen LogP contribution in [0.2, 0.25) is 0 Å². The number of carbonyl (C=O) groups is 2. The number of hydrogen-bond donors (Lipinski definition) is 1. The van der Waals surface area contributed by atoms with Crippen molar-refractivity contribution in [3.05, 3.63) is 82.6 Å². The minimum absolute atomic E-state index is 0.0235. The monoisotopic (exact) mass is 448 g/mol. The molecular formula is C25H25FN4O3. The number of fused-ring (bicyclic) bond motifs is 1. The van der Waals surface area contributed by atoms with Crippen molar-refractivity contribution in [2.75, 3.05) is 18.6 Å². The molecule has 33 heavy (non-hydrogen) atoms. The van der Waals surface area contributed by atoms with Gasteiger partial charge in [0, 0.05) is 37.0 Å². The second kappa shape index (κ2) is 9.36. The molecular weight excluding hydrogens is 423 g/mol. The Morgan fingerprint density at radius 3 is 2.73 bits per heavy atom. The maximum absolute atomic E-state index is 14.3. The highest BCUT2D eigenvalue weighted by atomic mass is 19.1. The summed E-state index contributed by atoms with van der Waals surface area (Å²) in [5, 5.41) is 2.81. The van der Waals surface area contributed by atoms with Gasteiger partial charge in [-0.1, -0.05) is 6.07 Å².